The van der Waals surface area contributed by atoms with Gasteiger partial charge < -0.3 is 15.2 Å². The van der Waals surface area contributed by atoms with Crippen molar-refractivity contribution in [1.82, 2.24) is 0 Å². The molecule has 5 heteroatoms. The average Bonchev–Trinajstić information content (AvgIpc) is 2.37. The maximum atomic E-state index is 13.1. The van der Waals surface area contributed by atoms with Gasteiger partial charge in [0.2, 0.25) is 0 Å². The monoisotopic (exact) mass is 271 g/mol. The van der Waals surface area contributed by atoms with Crippen molar-refractivity contribution in [2.45, 2.75) is 31.1 Å². The number of ether oxygens (including phenoxy) is 2. The molecule has 1 aromatic carbocycles. The Kier molecular flexibility index (Phi) is 3.94. The summed E-state index contributed by atoms with van der Waals surface area (Å²) >= 11 is 0. The Balaban J connectivity index is 2.55. The molecule has 2 rings (SSSR count). The number of hydrogen-bond acceptors (Lipinski definition) is 3. The number of alkyl halides is 2. The summed E-state index contributed by atoms with van der Waals surface area (Å²) in [7, 11) is 2.91. The first-order chi connectivity index (χ1) is 9.07. The second-order valence-electron chi connectivity index (χ2n) is 4.93. The Morgan fingerprint density at radius 3 is 2.21 bits per heavy atom. The van der Waals surface area contributed by atoms with Crippen LogP contribution in [-0.2, 0) is 5.41 Å². The number of rotatable bonds is 5. The first-order valence-electron chi connectivity index (χ1n) is 6.32. The van der Waals surface area contributed by atoms with Gasteiger partial charge in [0.25, 0.3) is 6.43 Å². The van der Waals surface area contributed by atoms with Gasteiger partial charge in [-0.1, -0.05) is 6.42 Å². The van der Waals surface area contributed by atoms with Gasteiger partial charge in [0.05, 0.1) is 19.8 Å². The molecule has 0 aromatic heterocycles. The van der Waals surface area contributed by atoms with Crippen molar-refractivity contribution in [3.8, 4) is 11.5 Å². The first kappa shape index (κ1) is 14.1. The smallest absolute Gasteiger partial charge is 0.267 e. The molecule has 2 N–H and O–H groups in total. The first-order valence-corrected chi connectivity index (χ1v) is 6.32. The Bertz CT molecular complexity index is 453. The summed E-state index contributed by atoms with van der Waals surface area (Å²) in [5.41, 5.74) is 6.30. The summed E-state index contributed by atoms with van der Waals surface area (Å²) in [6, 6.07) is 3.03. The molecule has 1 saturated carbocycles. The van der Waals surface area contributed by atoms with Crippen LogP contribution in [0.4, 0.5) is 8.78 Å². The lowest BCUT2D eigenvalue weighted by molar-refractivity contribution is 0.146. The summed E-state index contributed by atoms with van der Waals surface area (Å²) < 4.78 is 36.5. The molecule has 0 amide bonds. The molecule has 0 unspecified atom stereocenters. The highest BCUT2D eigenvalue weighted by atomic mass is 19.3. The average molecular weight is 271 g/mol. The lowest BCUT2D eigenvalue weighted by Gasteiger charge is -2.42. The fraction of sp³-hybridized carbons (Fsp3) is 0.571. The molecule has 19 heavy (non-hydrogen) atoms. The van der Waals surface area contributed by atoms with Crippen LogP contribution in [0.5, 0.6) is 11.5 Å². The van der Waals surface area contributed by atoms with Gasteiger partial charge in [-0.15, -0.1) is 0 Å². The topological polar surface area (TPSA) is 44.5 Å². The molecule has 106 valence electrons. The molecule has 0 heterocycles. The highest BCUT2D eigenvalue weighted by Crippen LogP contribution is 2.49. The maximum absolute atomic E-state index is 13.1. The van der Waals surface area contributed by atoms with Crippen molar-refractivity contribution >= 4 is 0 Å². The minimum Gasteiger partial charge on any atom is -0.496 e. The Morgan fingerprint density at radius 2 is 1.84 bits per heavy atom. The van der Waals surface area contributed by atoms with Gasteiger partial charge in [-0.25, -0.2) is 8.78 Å². The normalized spacial score (nSPS) is 17.2. The van der Waals surface area contributed by atoms with Gasteiger partial charge in [0, 0.05) is 23.6 Å². The van der Waals surface area contributed by atoms with Crippen LogP contribution in [0, 0.1) is 0 Å². The van der Waals surface area contributed by atoms with Crippen molar-refractivity contribution in [2.75, 3.05) is 20.8 Å². The molecule has 1 fully saturated rings. The molecular weight excluding hydrogens is 252 g/mol. The van der Waals surface area contributed by atoms with Crippen LogP contribution in [0.25, 0.3) is 0 Å². The van der Waals surface area contributed by atoms with Gasteiger partial charge >= 0.3 is 0 Å². The maximum Gasteiger partial charge on any atom is 0.267 e. The predicted molar refractivity (Wildman–Crippen MR) is 69.1 cm³/mol. The van der Waals surface area contributed by atoms with E-state index in [9.17, 15) is 8.78 Å². The van der Waals surface area contributed by atoms with E-state index < -0.39 is 6.43 Å². The third kappa shape index (κ3) is 2.27. The summed E-state index contributed by atoms with van der Waals surface area (Å²) in [6.45, 7) is 0.443. The summed E-state index contributed by atoms with van der Waals surface area (Å²) in [5, 5.41) is 0. The highest BCUT2D eigenvalue weighted by molar-refractivity contribution is 5.51. The molecule has 0 atom stereocenters. The molecule has 0 radical (unpaired) electrons. The zero-order valence-corrected chi connectivity index (χ0v) is 11.2. The van der Waals surface area contributed by atoms with E-state index in [-0.39, 0.29) is 16.7 Å². The molecule has 3 nitrogen and oxygen atoms in total. The van der Waals surface area contributed by atoms with E-state index in [1.54, 1.807) is 0 Å². The van der Waals surface area contributed by atoms with Gasteiger partial charge in [-0.05, 0) is 18.9 Å². The lowest BCUT2D eigenvalue weighted by atomic mass is 9.64. The van der Waals surface area contributed by atoms with Gasteiger partial charge in [0.15, 0.2) is 0 Å². The van der Waals surface area contributed by atoms with E-state index in [0.717, 1.165) is 24.8 Å². The zero-order valence-electron chi connectivity index (χ0n) is 11.2. The van der Waals surface area contributed by atoms with E-state index in [1.165, 1.54) is 26.4 Å². The van der Waals surface area contributed by atoms with E-state index in [1.807, 2.05) is 0 Å². The van der Waals surface area contributed by atoms with Crippen molar-refractivity contribution in [2.24, 2.45) is 5.73 Å². The quantitative estimate of drug-likeness (QED) is 0.895. The molecule has 1 aliphatic carbocycles. The SMILES string of the molecule is COc1cc(OC)c(C2(CN)CCC2)cc1C(F)F. The fourth-order valence-corrected chi connectivity index (χ4v) is 2.70. The fourth-order valence-electron chi connectivity index (χ4n) is 2.70. The van der Waals surface area contributed by atoms with Crippen LogP contribution in [0.15, 0.2) is 12.1 Å². The number of halogens is 2. The molecule has 0 saturated heterocycles. The number of benzene rings is 1. The minimum atomic E-state index is -2.57. The van der Waals surface area contributed by atoms with E-state index in [0.29, 0.717) is 12.3 Å². The van der Waals surface area contributed by atoms with Crippen molar-refractivity contribution in [3.05, 3.63) is 23.3 Å². The van der Waals surface area contributed by atoms with Crippen molar-refractivity contribution in [3.63, 3.8) is 0 Å². The van der Waals surface area contributed by atoms with Crippen LogP contribution >= 0.6 is 0 Å². The third-order valence-corrected chi connectivity index (χ3v) is 4.06. The Hall–Kier alpha value is -1.36. The second-order valence-corrected chi connectivity index (χ2v) is 4.93. The van der Waals surface area contributed by atoms with Crippen LogP contribution in [-0.4, -0.2) is 20.8 Å². The van der Waals surface area contributed by atoms with Crippen molar-refractivity contribution < 1.29 is 18.3 Å². The summed E-state index contributed by atoms with van der Waals surface area (Å²) in [4.78, 5) is 0. The van der Waals surface area contributed by atoms with E-state index in [4.69, 9.17) is 15.2 Å². The molecule has 1 aromatic rings. The number of methoxy groups -OCH3 is 2. The lowest BCUT2D eigenvalue weighted by Crippen LogP contribution is -2.41. The van der Waals surface area contributed by atoms with Crippen molar-refractivity contribution in [1.29, 1.82) is 0 Å². The zero-order chi connectivity index (χ0) is 14.0. The van der Waals surface area contributed by atoms with E-state index in [2.05, 4.69) is 0 Å². The minimum absolute atomic E-state index is 0.0991. The van der Waals surface area contributed by atoms with Crippen LogP contribution in [0.2, 0.25) is 0 Å². The summed E-state index contributed by atoms with van der Waals surface area (Å²) in [6.07, 6.45) is 0.314. The Labute approximate surface area is 111 Å². The second kappa shape index (κ2) is 5.33. The van der Waals surface area contributed by atoms with Gasteiger partial charge in [-0.2, -0.15) is 0 Å². The van der Waals surface area contributed by atoms with Gasteiger partial charge in [0.1, 0.15) is 11.5 Å². The van der Waals surface area contributed by atoms with Crippen LogP contribution < -0.4 is 15.2 Å². The number of hydrogen-bond donors (Lipinski definition) is 1. The largest absolute Gasteiger partial charge is 0.496 e. The number of nitrogens with two attached hydrogens (primary N) is 1. The molecule has 0 bridgehead atoms. The van der Waals surface area contributed by atoms with Crippen LogP contribution in [0.1, 0.15) is 36.8 Å². The molecular formula is C14H19F2NO2. The molecule has 0 spiro atoms. The predicted octanol–water partition coefficient (Wildman–Crippen LogP) is 3.02. The van der Waals surface area contributed by atoms with Gasteiger partial charge in [-0.3, -0.25) is 0 Å². The molecule has 0 aliphatic heterocycles. The highest BCUT2D eigenvalue weighted by Gasteiger charge is 2.40. The standard InChI is InChI=1S/C14H19F2NO2/c1-18-11-7-12(19-2)10(6-9(11)13(15)16)14(8-17)4-3-5-14/h6-7,13H,3-5,8,17H2,1-2H3. The Morgan fingerprint density at radius 1 is 1.21 bits per heavy atom. The van der Waals surface area contributed by atoms with E-state index >= 15 is 0 Å². The van der Waals surface area contributed by atoms with Crippen LogP contribution in [0.3, 0.4) is 0 Å². The third-order valence-electron chi connectivity index (χ3n) is 4.06. The summed E-state index contributed by atoms with van der Waals surface area (Å²) in [5.74, 6) is 0.730. The molecule has 1 aliphatic rings.